The lowest BCUT2D eigenvalue weighted by Crippen LogP contribution is -1.87. The molecule has 0 bridgehead atoms. The van der Waals surface area contributed by atoms with E-state index >= 15 is 0 Å². The van der Waals surface area contributed by atoms with Crippen LogP contribution in [0.5, 0.6) is 0 Å². The highest BCUT2D eigenvalue weighted by Crippen LogP contribution is 2.25. The monoisotopic (exact) mass is 227 g/mol. The maximum atomic E-state index is 11.0. The number of halogens is 1. The molecule has 2 aromatic rings. The van der Waals surface area contributed by atoms with Crippen LogP contribution in [0.4, 0.5) is 0 Å². The molecule has 0 aliphatic heterocycles. The summed E-state index contributed by atoms with van der Waals surface area (Å²) in [5.41, 5.74) is 1.47. The zero-order valence-electron chi connectivity index (χ0n) is 7.28. The fourth-order valence-corrected chi connectivity index (χ4v) is 1.68. The molecular formula is C9H6ClNO2S. The van der Waals surface area contributed by atoms with E-state index in [9.17, 15) is 4.79 Å². The van der Waals surface area contributed by atoms with Crippen LogP contribution in [0.1, 0.15) is 10.4 Å². The molecule has 0 amide bonds. The number of carbonyl (C=O) groups is 1. The van der Waals surface area contributed by atoms with E-state index in [1.807, 2.05) is 6.26 Å². The summed E-state index contributed by atoms with van der Waals surface area (Å²) in [5, 5.41) is 0.00442. The lowest BCUT2D eigenvalue weighted by atomic mass is 10.2. The topological polar surface area (TPSA) is 43.1 Å². The first kappa shape index (κ1) is 9.55. The van der Waals surface area contributed by atoms with Crippen molar-refractivity contribution in [2.24, 2.45) is 0 Å². The zero-order valence-corrected chi connectivity index (χ0v) is 8.85. The van der Waals surface area contributed by atoms with Gasteiger partial charge in [0.05, 0.1) is 5.56 Å². The van der Waals surface area contributed by atoms with Crippen molar-refractivity contribution in [2.45, 2.75) is 5.22 Å². The van der Waals surface area contributed by atoms with Gasteiger partial charge in [-0.15, -0.1) is 0 Å². The minimum atomic E-state index is -0.528. The van der Waals surface area contributed by atoms with Crippen molar-refractivity contribution in [2.75, 3.05) is 6.26 Å². The van der Waals surface area contributed by atoms with Crippen molar-refractivity contribution >= 4 is 39.7 Å². The first-order valence-electron chi connectivity index (χ1n) is 3.85. The highest BCUT2D eigenvalue weighted by molar-refractivity contribution is 7.98. The molecule has 0 spiro atoms. The Labute approximate surface area is 89.4 Å². The van der Waals surface area contributed by atoms with Gasteiger partial charge in [-0.25, -0.2) is 4.98 Å². The highest BCUT2D eigenvalue weighted by Gasteiger charge is 2.12. The van der Waals surface area contributed by atoms with Crippen LogP contribution in [-0.4, -0.2) is 16.5 Å². The minimum Gasteiger partial charge on any atom is -0.431 e. The lowest BCUT2D eigenvalue weighted by molar-refractivity contribution is 0.108. The number of hydrogen-bond acceptors (Lipinski definition) is 4. The van der Waals surface area contributed by atoms with Crippen LogP contribution in [0, 0.1) is 0 Å². The molecule has 0 fully saturated rings. The van der Waals surface area contributed by atoms with Crippen LogP contribution < -0.4 is 0 Å². The number of rotatable bonds is 2. The number of nitrogens with zero attached hydrogens (tertiary/aromatic N) is 1. The first-order chi connectivity index (χ1) is 6.72. The SMILES string of the molecule is CSc1nc2cccc(C(=O)Cl)c2o1. The Hall–Kier alpha value is -1.00. The fourth-order valence-electron chi connectivity index (χ4n) is 1.17. The number of benzene rings is 1. The van der Waals surface area contributed by atoms with Crippen molar-refractivity contribution in [3.05, 3.63) is 23.8 Å². The number of oxazole rings is 1. The van der Waals surface area contributed by atoms with Gasteiger partial charge >= 0.3 is 0 Å². The van der Waals surface area contributed by atoms with E-state index in [0.29, 0.717) is 21.9 Å². The molecule has 72 valence electrons. The number of para-hydroxylation sites is 1. The maximum Gasteiger partial charge on any atom is 0.256 e. The summed E-state index contributed by atoms with van der Waals surface area (Å²) >= 11 is 6.78. The Balaban J connectivity index is 2.73. The first-order valence-corrected chi connectivity index (χ1v) is 5.46. The molecule has 0 N–H and O–H groups in total. The van der Waals surface area contributed by atoms with Crippen molar-refractivity contribution in [1.29, 1.82) is 0 Å². The van der Waals surface area contributed by atoms with E-state index in [4.69, 9.17) is 16.0 Å². The fraction of sp³-hybridized carbons (Fsp3) is 0.111. The molecule has 1 heterocycles. The van der Waals surface area contributed by atoms with Gasteiger partial charge in [-0.05, 0) is 30.0 Å². The van der Waals surface area contributed by atoms with Gasteiger partial charge < -0.3 is 4.42 Å². The molecule has 0 radical (unpaired) electrons. The number of hydrogen-bond donors (Lipinski definition) is 0. The Morgan fingerprint density at radius 2 is 2.36 bits per heavy atom. The average molecular weight is 228 g/mol. The van der Waals surface area contributed by atoms with Crippen LogP contribution in [0.2, 0.25) is 0 Å². The molecule has 5 heteroatoms. The Morgan fingerprint density at radius 3 is 3.00 bits per heavy atom. The summed E-state index contributed by atoms with van der Waals surface area (Å²) in [4.78, 5) is 15.2. The second-order valence-corrected chi connectivity index (χ2v) is 3.71. The zero-order chi connectivity index (χ0) is 10.1. The third-order valence-electron chi connectivity index (χ3n) is 1.78. The van der Waals surface area contributed by atoms with Crippen LogP contribution in [0.15, 0.2) is 27.8 Å². The predicted octanol–water partition coefficient (Wildman–Crippen LogP) is 2.93. The van der Waals surface area contributed by atoms with Gasteiger partial charge in [0.2, 0.25) is 0 Å². The van der Waals surface area contributed by atoms with Crippen LogP contribution in [-0.2, 0) is 0 Å². The molecule has 2 rings (SSSR count). The van der Waals surface area contributed by atoms with Gasteiger partial charge in [0.1, 0.15) is 5.52 Å². The summed E-state index contributed by atoms with van der Waals surface area (Å²) in [6, 6.07) is 5.12. The third-order valence-corrected chi connectivity index (χ3v) is 2.51. The maximum absolute atomic E-state index is 11.0. The Kier molecular flexibility index (Phi) is 2.48. The van der Waals surface area contributed by atoms with Gasteiger partial charge in [0, 0.05) is 0 Å². The summed E-state index contributed by atoms with van der Waals surface area (Å²) in [6.45, 7) is 0. The Bertz CT molecular complexity index is 495. The van der Waals surface area contributed by atoms with E-state index in [-0.39, 0.29) is 0 Å². The molecule has 0 saturated carbocycles. The normalized spacial score (nSPS) is 10.7. The summed E-state index contributed by atoms with van der Waals surface area (Å²) < 4.78 is 5.36. The molecule has 0 atom stereocenters. The average Bonchev–Trinajstić information content (AvgIpc) is 2.59. The number of aromatic nitrogens is 1. The Morgan fingerprint density at radius 1 is 1.57 bits per heavy atom. The van der Waals surface area contributed by atoms with Gasteiger partial charge in [0.15, 0.2) is 5.58 Å². The van der Waals surface area contributed by atoms with Crippen molar-refractivity contribution < 1.29 is 9.21 Å². The standard InChI is InChI=1S/C9H6ClNO2S/c1-14-9-11-6-4-2-3-5(8(10)12)7(6)13-9/h2-4H,1H3. The van der Waals surface area contributed by atoms with Crippen LogP contribution in [0.3, 0.4) is 0 Å². The van der Waals surface area contributed by atoms with E-state index in [1.54, 1.807) is 18.2 Å². The van der Waals surface area contributed by atoms with Gasteiger partial charge in [-0.2, -0.15) is 0 Å². The molecule has 3 nitrogen and oxygen atoms in total. The summed E-state index contributed by atoms with van der Waals surface area (Å²) in [6.07, 6.45) is 1.85. The molecule has 0 saturated heterocycles. The molecule has 0 aliphatic rings. The van der Waals surface area contributed by atoms with E-state index in [2.05, 4.69) is 4.98 Å². The van der Waals surface area contributed by atoms with Crippen LogP contribution in [0.25, 0.3) is 11.1 Å². The van der Waals surface area contributed by atoms with Crippen LogP contribution >= 0.6 is 23.4 Å². The van der Waals surface area contributed by atoms with Crippen molar-refractivity contribution in [3.63, 3.8) is 0 Å². The second-order valence-electron chi connectivity index (χ2n) is 2.61. The molecule has 14 heavy (non-hydrogen) atoms. The second kappa shape index (κ2) is 3.63. The summed E-state index contributed by atoms with van der Waals surface area (Å²) in [7, 11) is 0. The van der Waals surface area contributed by atoms with E-state index < -0.39 is 5.24 Å². The minimum absolute atomic E-state index is 0.358. The molecule has 0 unspecified atom stereocenters. The molecule has 1 aromatic heterocycles. The number of carbonyl (C=O) groups excluding carboxylic acids is 1. The molecular weight excluding hydrogens is 222 g/mol. The quantitative estimate of drug-likeness (QED) is 0.585. The van der Waals surface area contributed by atoms with Gasteiger partial charge in [0.25, 0.3) is 10.5 Å². The van der Waals surface area contributed by atoms with Crippen molar-refractivity contribution in [1.82, 2.24) is 4.98 Å². The molecule has 0 aliphatic carbocycles. The van der Waals surface area contributed by atoms with Gasteiger partial charge in [-0.1, -0.05) is 17.8 Å². The van der Waals surface area contributed by atoms with E-state index in [1.165, 1.54) is 11.8 Å². The van der Waals surface area contributed by atoms with E-state index in [0.717, 1.165) is 0 Å². The number of fused-ring (bicyclic) bond motifs is 1. The smallest absolute Gasteiger partial charge is 0.256 e. The van der Waals surface area contributed by atoms with Gasteiger partial charge in [-0.3, -0.25) is 4.79 Å². The lowest BCUT2D eigenvalue weighted by Gasteiger charge is -1.92. The predicted molar refractivity (Wildman–Crippen MR) is 56.0 cm³/mol. The number of thioether (sulfide) groups is 1. The van der Waals surface area contributed by atoms with Crippen molar-refractivity contribution in [3.8, 4) is 0 Å². The summed E-state index contributed by atoms with van der Waals surface area (Å²) in [5.74, 6) is 0. The third kappa shape index (κ3) is 1.51. The molecule has 1 aromatic carbocycles. The largest absolute Gasteiger partial charge is 0.431 e. The highest BCUT2D eigenvalue weighted by atomic mass is 35.5.